The first-order chi connectivity index (χ1) is 17.7. The number of phenols is 1. The van der Waals surface area contributed by atoms with Crippen molar-refractivity contribution in [3.8, 4) is 11.4 Å². The fraction of sp³-hybridized carbons (Fsp3) is 0.214. The Morgan fingerprint density at radius 2 is 1.58 bits per heavy atom. The van der Waals surface area contributed by atoms with Gasteiger partial charge >= 0.3 is 0 Å². The van der Waals surface area contributed by atoms with E-state index in [-0.39, 0.29) is 17.8 Å². The molecule has 2 aliphatic rings. The molecule has 2 aromatic carbocycles. The zero-order valence-corrected chi connectivity index (χ0v) is 20.5. The molecule has 2 atom stereocenters. The summed E-state index contributed by atoms with van der Waals surface area (Å²) in [6, 6.07) is 25.7. The van der Waals surface area contributed by atoms with Crippen LogP contribution in [0.5, 0.6) is 5.75 Å². The third-order valence-electron chi connectivity index (χ3n) is 6.81. The van der Waals surface area contributed by atoms with Gasteiger partial charge in [-0.3, -0.25) is 4.98 Å². The Morgan fingerprint density at radius 1 is 0.861 bits per heavy atom. The maximum Gasteiger partial charge on any atom is 0.174 e. The summed E-state index contributed by atoms with van der Waals surface area (Å²) < 4.78 is 7.65. The van der Waals surface area contributed by atoms with E-state index in [9.17, 15) is 5.11 Å². The van der Waals surface area contributed by atoms with Crippen LogP contribution in [0.15, 0.2) is 91.3 Å². The Bertz CT molecular complexity index is 1330. The zero-order valence-electron chi connectivity index (χ0n) is 19.7. The first kappa shape index (κ1) is 22.6. The number of pyridine rings is 1. The average Bonchev–Trinajstić information content (AvgIpc) is 3.54. The van der Waals surface area contributed by atoms with Crippen molar-refractivity contribution >= 4 is 28.7 Å². The van der Waals surface area contributed by atoms with E-state index >= 15 is 0 Å². The van der Waals surface area contributed by atoms with Crippen LogP contribution >= 0.6 is 12.2 Å². The van der Waals surface area contributed by atoms with Crippen LogP contribution in [0.1, 0.15) is 23.5 Å². The Morgan fingerprint density at radius 3 is 2.31 bits per heavy atom. The van der Waals surface area contributed by atoms with Gasteiger partial charge in [-0.05, 0) is 85.0 Å². The SMILES string of the molecule is Oc1ccc(-n2cccc2C2C(c3ccccn3)NC(=S)N2c2ccc(N3CCOCC3)cc2)cc1. The normalized spacial score (nSPS) is 19.9. The van der Waals surface area contributed by atoms with Gasteiger partial charge in [0, 0.05) is 48.2 Å². The van der Waals surface area contributed by atoms with Crippen LogP contribution in [0.25, 0.3) is 5.69 Å². The molecule has 8 heteroatoms. The Kier molecular flexibility index (Phi) is 6.04. The summed E-state index contributed by atoms with van der Waals surface area (Å²) in [7, 11) is 0. The summed E-state index contributed by atoms with van der Waals surface area (Å²) in [5.41, 5.74) is 5.17. The Hall–Kier alpha value is -3.88. The van der Waals surface area contributed by atoms with Gasteiger partial charge < -0.3 is 29.5 Å². The van der Waals surface area contributed by atoms with Crippen molar-refractivity contribution in [2.24, 2.45) is 0 Å². The van der Waals surface area contributed by atoms with Gasteiger partial charge in [0.2, 0.25) is 0 Å². The van der Waals surface area contributed by atoms with Gasteiger partial charge in [-0.15, -0.1) is 0 Å². The van der Waals surface area contributed by atoms with Crippen LogP contribution in [-0.4, -0.2) is 46.1 Å². The van der Waals surface area contributed by atoms with Crippen molar-refractivity contribution in [2.45, 2.75) is 12.1 Å². The van der Waals surface area contributed by atoms with Crippen molar-refractivity contribution < 1.29 is 9.84 Å². The lowest BCUT2D eigenvalue weighted by molar-refractivity contribution is 0.122. The number of aromatic hydroxyl groups is 1. The first-order valence-electron chi connectivity index (χ1n) is 12.1. The largest absolute Gasteiger partial charge is 0.508 e. The van der Waals surface area contributed by atoms with Crippen LogP contribution in [0.2, 0.25) is 0 Å². The minimum absolute atomic E-state index is 0.134. The number of anilines is 2. The highest BCUT2D eigenvalue weighted by atomic mass is 32.1. The maximum atomic E-state index is 9.80. The molecule has 2 fully saturated rings. The molecule has 0 radical (unpaired) electrons. The molecule has 36 heavy (non-hydrogen) atoms. The summed E-state index contributed by atoms with van der Waals surface area (Å²) in [4.78, 5) is 9.19. The highest BCUT2D eigenvalue weighted by molar-refractivity contribution is 7.80. The monoisotopic (exact) mass is 497 g/mol. The quantitative estimate of drug-likeness (QED) is 0.391. The minimum Gasteiger partial charge on any atom is -0.508 e. The van der Waals surface area contributed by atoms with E-state index in [1.807, 2.05) is 48.8 Å². The molecule has 2 N–H and O–H groups in total. The number of thiocarbonyl (C=S) groups is 1. The van der Waals surface area contributed by atoms with Crippen molar-refractivity contribution in [1.29, 1.82) is 0 Å². The number of benzene rings is 2. The standard InChI is InChI=1S/C28H27N5O2S/c34-23-12-10-21(11-13-23)32-15-3-5-25(32)27-26(24-4-1-2-14-29-24)30-28(36)33(27)22-8-6-20(7-9-22)31-16-18-35-19-17-31/h1-15,26-27,34H,16-19H2,(H,30,36). The van der Waals surface area contributed by atoms with Crippen LogP contribution in [0.4, 0.5) is 11.4 Å². The lowest BCUT2D eigenvalue weighted by Crippen LogP contribution is -2.36. The molecule has 2 aliphatic heterocycles. The second-order valence-corrected chi connectivity index (χ2v) is 9.32. The lowest BCUT2D eigenvalue weighted by atomic mass is 10.0. The Labute approximate surface area is 215 Å². The van der Waals surface area contributed by atoms with Crippen LogP contribution in [0.3, 0.4) is 0 Å². The number of aromatic nitrogens is 2. The molecule has 2 aromatic heterocycles. The van der Waals surface area contributed by atoms with E-state index in [2.05, 4.69) is 55.0 Å². The van der Waals surface area contributed by atoms with E-state index in [1.54, 1.807) is 12.1 Å². The highest BCUT2D eigenvalue weighted by Gasteiger charge is 2.42. The Balaban J connectivity index is 1.41. The molecule has 2 unspecified atom stereocenters. The second kappa shape index (κ2) is 9.64. The number of phenolic OH excluding ortho intramolecular Hbond substituents is 1. The van der Waals surface area contributed by atoms with E-state index < -0.39 is 0 Å². The van der Waals surface area contributed by atoms with Crippen molar-refractivity contribution in [3.05, 3.63) is 103 Å². The molecule has 0 spiro atoms. The fourth-order valence-corrected chi connectivity index (χ4v) is 5.41. The molecular formula is C28H27N5O2S. The minimum atomic E-state index is -0.136. The van der Waals surface area contributed by atoms with Gasteiger partial charge in [0.05, 0.1) is 24.9 Å². The average molecular weight is 498 g/mol. The van der Waals surface area contributed by atoms with Crippen LogP contribution in [0, 0.1) is 0 Å². The molecule has 4 heterocycles. The van der Waals surface area contributed by atoms with Crippen molar-refractivity contribution in [2.75, 3.05) is 36.1 Å². The molecule has 0 bridgehead atoms. The number of morpholine rings is 1. The third-order valence-corrected chi connectivity index (χ3v) is 7.13. The van der Waals surface area contributed by atoms with Gasteiger partial charge in [-0.1, -0.05) is 6.07 Å². The predicted molar refractivity (Wildman–Crippen MR) is 145 cm³/mol. The van der Waals surface area contributed by atoms with Gasteiger partial charge in [-0.2, -0.15) is 0 Å². The number of ether oxygens (including phenoxy) is 1. The number of nitrogens with zero attached hydrogens (tertiary/aromatic N) is 4. The molecule has 182 valence electrons. The molecular weight excluding hydrogens is 470 g/mol. The number of hydrogen-bond acceptors (Lipinski definition) is 5. The van der Waals surface area contributed by atoms with Gasteiger partial charge in [-0.25, -0.2) is 0 Å². The van der Waals surface area contributed by atoms with Gasteiger partial charge in [0.25, 0.3) is 0 Å². The maximum absolute atomic E-state index is 9.80. The van der Waals surface area contributed by atoms with Crippen LogP contribution < -0.4 is 15.1 Å². The number of hydrogen-bond donors (Lipinski definition) is 2. The predicted octanol–water partition coefficient (Wildman–Crippen LogP) is 4.59. The summed E-state index contributed by atoms with van der Waals surface area (Å²) in [5.74, 6) is 0.240. The van der Waals surface area contributed by atoms with Crippen molar-refractivity contribution in [3.63, 3.8) is 0 Å². The molecule has 7 nitrogen and oxygen atoms in total. The summed E-state index contributed by atoms with van der Waals surface area (Å²) >= 11 is 5.90. The highest BCUT2D eigenvalue weighted by Crippen LogP contribution is 2.42. The molecule has 6 rings (SSSR count). The number of nitrogens with one attached hydrogen (secondary N) is 1. The molecule has 2 saturated heterocycles. The third kappa shape index (κ3) is 4.19. The summed E-state index contributed by atoms with van der Waals surface area (Å²) in [6.45, 7) is 3.30. The zero-order chi connectivity index (χ0) is 24.5. The first-order valence-corrected chi connectivity index (χ1v) is 12.5. The second-order valence-electron chi connectivity index (χ2n) is 8.93. The van der Waals surface area contributed by atoms with E-state index in [0.29, 0.717) is 5.11 Å². The van der Waals surface area contributed by atoms with Crippen LogP contribution in [-0.2, 0) is 4.74 Å². The summed E-state index contributed by atoms with van der Waals surface area (Å²) in [6.07, 6.45) is 3.86. The molecule has 0 saturated carbocycles. The van der Waals surface area contributed by atoms with Gasteiger partial charge in [0.15, 0.2) is 5.11 Å². The van der Waals surface area contributed by atoms with E-state index in [0.717, 1.165) is 49.1 Å². The molecule has 0 aliphatic carbocycles. The smallest absolute Gasteiger partial charge is 0.174 e. The van der Waals surface area contributed by atoms with E-state index in [1.165, 1.54) is 5.69 Å². The topological polar surface area (TPSA) is 65.8 Å². The molecule has 0 amide bonds. The lowest BCUT2D eigenvalue weighted by Gasteiger charge is -2.31. The summed E-state index contributed by atoms with van der Waals surface area (Å²) in [5, 5.41) is 14.0. The number of rotatable bonds is 5. The van der Waals surface area contributed by atoms with Crippen molar-refractivity contribution in [1.82, 2.24) is 14.9 Å². The van der Waals surface area contributed by atoms with Gasteiger partial charge in [0.1, 0.15) is 11.8 Å². The molecule has 4 aromatic rings. The fourth-order valence-electron chi connectivity index (χ4n) is 5.06. The van der Waals surface area contributed by atoms with E-state index in [4.69, 9.17) is 17.0 Å².